The van der Waals surface area contributed by atoms with Gasteiger partial charge in [0, 0.05) is 30.4 Å². The first kappa shape index (κ1) is 21.2. The molecule has 0 aliphatic rings. The number of carbonyl (C=O) groups excluding carboxylic acids is 1. The molecule has 0 fully saturated rings. The molecule has 4 nitrogen and oxygen atoms in total. The van der Waals surface area contributed by atoms with E-state index in [4.69, 9.17) is 4.74 Å². The molecule has 2 aromatic heterocycles. The van der Waals surface area contributed by atoms with Crippen molar-refractivity contribution in [1.82, 2.24) is 9.97 Å². The lowest BCUT2D eigenvalue weighted by molar-refractivity contribution is 0.0987. The number of pyridine rings is 2. The molecule has 0 aliphatic carbocycles. The van der Waals surface area contributed by atoms with Crippen LogP contribution in [-0.4, -0.2) is 15.8 Å². The standard InChI is InChI=1S/C28H24N2O2/c1-3-21-18-30-26(17-28(21)32-19-24-13-7-8-15-29-24)27(31)16-23-12-9-14-25(20(23)2)22-10-5-4-6-11-22/h3-15,17-18H,1,16,19H2,2H3. The van der Waals surface area contributed by atoms with E-state index in [9.17, 15) is 4.79 Å². The van der Waals surface area contributed by atoms with Crippen LogP contribution >= 0.6 is 0 Å². The zero-order valence-corrected chi connectivity index (χ0v) is 18.0. The number of rotatable bonds is 8. The van der Waals surface area contributed by atoms with Gasteiger partial charge in [0.1, 0.15) is 18.1 Å². The van der Waals surface area contributed by atoms with Crippen molar-refractivity contribution in [3.05, 3.63) is 120 Å². The summed E-state index contributed by atoms with van der Waals surface area (Å²) in [7, 11) is 0. The van der Waals surface area contributed by atoms with Crippen molar-refractivity contribution in [3.63, 3.8) is 0 Å². The van der Waals surface area contributed by atoms with Gasteiger partial charge in [-0.15, -0.1) is 0 Å². The van der Waals surface area contributed by atoms with Crippen LogP contribution in [0.25, 0.3) is 17.2 Å². The zero-order valence-electron chi connectivity index (χ0n) is 18.0. The molecule has 2 heterocycles. The fourth-order valence-corrected chi connectivity index (χ4v) is 3.58. The third kappa shape index (κ3) is 4.81. The predicted molar refractivity (Wildman–Crippen MR) is 128 cm³/mol. The third-order valence-corrected chi connectivity index (χ3v) is 5.38. The number of hydrogen-bond acceptors (Lipinski definition) is 4. The maximum absolute atomic E-state index is 13.1. The van der Waals surface area contributed by atoms with Gasteiger partial charge in [0.15, 0.2) is 5.78 Å². The number of aromatic nitrogens is 2. The molecule has 2 aromatic carbocycles. The van der Waals surface area contributed by atoms with Gasteiger partial charge >= 0.3 is 0 Å². The average Bonchev–Trinajstić information content (AvgIpc) is 2.85. The molecule has 4 rings (SSSR count). The second-order valence-electron chi connectivity index (χ2n) is 7.48. The van der Waals surface area contributed by atoms with Gasteiger partial charge in [-0.05, 0) is 41.3 Å². The van der Waals surface area contributed by atoms with Crippen LogP contribution in [0.3, 0.4) is 0 Å². The minimum absolute atomic E-state index is 0.0587. The van der Waals surface area contributed by atoms with E-state index in [0.717, 1.165) is 33.5 Å². The van der Waals surface area contributed by atoms with Gasteiger partial charge in [-0.25, -0.2) is 0 Å². The maximum Gasteiger partial charge on any atom is 0.185 e. The molecular weight excluding hydrogens is 396 g/mol. The van der Waals surface area contributed by atoms with E-state index in [1.165, 1.54) is 0 Å². The Labute approximate surface area is 188 Å². The molecule has 0 atom stereocenters. The summed E-state index contributed by atoms with van der Waals surface area (Å²) >= 11 is 0. The van der Waals surface area contributed by atoms with E-state index in [1.807, 2.05) is 48.5 Å². The number of Topliss-reactive ketones (excluding diaryl/α,β-unsaturated/α-hetero) is 1. The molecule has 0 spiro atoms. The Bertz CT molecular complexity index is 1240. The molecule has 32 heavy (non-hydrogen) atoms. The maximum atomic E-state index is 13.1. The Morgan fingerprint density at radius 1 is 1.00 bits per heavy atom. The summed E-state index contributed by atoms with van der Waals surface area (Å²) in [5.41, 5.74) is 6.27. The molecule has 0 unspecified atom stereocenters. The summed E-state index contributed by atoms with van der Waals surface area (Å²) in [6.45, 7) is 6.18. The highest BCUT2D eigenvalue weighted by molar-refractivity contribution is 5.96. The first-order chi connectivity index (χ1) is 15.7. The van der Waals surface area contributed by atoms with Crippen molar-refractivity contribution in [2.24, 2.45) is 0 Å². The van der Waals surface area contributed by atoms with Crippen LogP contribution in [0.4, 0.5) is 0 Å². The fourth-order valence-electron chi connectivity index (χ4n) is 3.58. The van der Waals surface area contributed by atoms with Crippen LogP contribution in [-0.2, 0) is 13.0 Å². The number of ether oxygens (including phenoxy) is 1. The number of nitrogens with zero attached hydrogens (tertiary/aromatic N) is 2. The number of ketones is 1. The monoisotopic (exact) mass is 420 g/mol. The van der Waals surface area contributed by atoms with Gasteiger partial charge in [-0.3, -0.25) is 14.8 Å². The van der Waals surface area contributed by atoms with Crippen molar-refractivity contribution < 1.29 is 9.53 Å². The molecular formula is C28H24N2O2. The van der Waals surface area contributed by atoms with E-state index >= 15 is 0 Å². The highest BCUT2D eigenvalue weighted by Gasteiger charge is 2.15. The SMILES string of the molecule is C=Cc1cnc(C(=O)Cc2cccc(-c3ccccc3)c2C)cc1OCc1ccccn1. The second kappa shape index (κ2) is 9.84. The summed E-state index contributed by atoms with van der Waals surface area (Å²) in [6.07, 6.45) is 5.29. The Morgan fingerprint density at radius 2 is 1.81 bits per heavy atom. The molecule has 0 radical (unpaired) electrons. The van der Waals surface area contributed by atoms with E-state index < -0.39 is 0 Å². The minimum atomic E-state index is -0.0587. The Morgan fingerprint density at radius 3 is 2.56 bits per heavy atom. The van der Waals surface area contributed by atoms with Crippen LogP contribution in [0.2, 0.25) is 0 Å². The molecule has 0 saturated heterocycles. The number of hydrogen-bond donors (Lipinski definition) is 0. The van der Waals surface area contributed by atoms with Crippen LogP contribution in [0.15, 0.2) is 91.8 Å². The van der Waals surface area contributed by atoms with Crippen LogP contribution in [0, 0.1) is 6.92 Å². The molecule has 4 heteroatoms. The van der Waals surface area contributed by atoms with Crippen molar-refractivity contribution in [2.45, 2.75) is 20.0 Å². The van der Waals surface area contributed by atoms with E-state index in [1.54, 1.807) is 24.5 Å². The van der Waals surface area contributed by atoms with Gasteiger partial charge in [-0.2, -0.15) is 0 Å². The highest BCUT2D eigenvalue weighted by atomic mass is 16.5. The van der Waals surface area contributed by atoms with Crippen LogP contribution < -0.4 is 4.74 Å². The Kier molecular flexibility index (Phi) is 6.52. The van der Waals surface area contributed by atoms with Crippen molar-refractivity contribution in [1.29, 1.82) is 0 Å². The lowest BCUT2D eigenvalue weighted by atomic mass is 9.93. The molecule has 0 aliphatic heterocycles. The predicted octanol–water partition coefficient (Wildman–Crippen LogP) is 6.10. The molecule has 0 N–H and O–H groups in total. The Hall–Kier alpha value is -4.05. The highest BCUT2D eigenvalue weighted by Crippen LogP contribution is 2.27. The topological polar surface area (TPSA) is 52.1 Å². The summed E-state index contributed by atoms with van der Waals surface area (Å²) in [5.74, 6) is 0.510. The first-order valence-electron chi connectivity index (χ1n) is 10.5. The van der Waals surface area contributed by atoms with Gasteiger partial charge in [0.25, 0.3) is 0 Å². The number of carbonyl (C=O) groups is 1. The van der Waals surface area contributed by atoms with Crippen molar-refractivity contribution >= 4 is 11.9 Å². The molecule has 0 bridgehead atoms. The normalized spacial score (nSPS) is 10.5. The van der Waals surface area contributed by atoms with Gasteiger partial charge in [0.05, 0.1) is 5.69 Å². The summed E-state index contributed by atoms with van der Waals surface area (Å²) in [5, 5.41) is 0. The summed E-state index contributed by atoms with van der Waals surface area (Å²) in [6, 6.07) is 23.6. The second-order valence-corrected chi connectivity index (χ2v) is 7.48. The van der Waals surface area contributed by atoms with E-state index in [0.29, 0.717) is 18.1 Å². The molecule has 4 aromatic rings. The quantitative estimate of drug-likeness (QED) is 0.323. The minimum Gasteiger partial charge on any atom is -0.487 e. The van der Waals surface area contributed by atoms with Gasteiger partial charge in [0.2, 0.25) is 0 Å². The fraction of sp³-hybridized carbons (Fsp3) is 0.107. The third-order valence-electron chi connectivity index (χ3n) is 5.38. The Balaban J connectivity index is 1.55. The van der Waals surface area contributed by atoms with Crippen molar-refractivity contribution in [2.75, 3.05) is 0 Å². The van der Waals surface area contributed by atoms with Crippen LogP contribution in [0.5, 0.6) is 5.75 Å². The lowest BCUT2D eigenvalue weighted by Crippen LogP contribution is -2.09. The van der Waals surface area contributed by atoms with Gasteiger partial charge < -0.3 is 4.74 Å². The smallest absolute Gasteiger partial charge is 0.185 e. The van der Waals surface area contributed by atoms with E-state index in [-0.39, 0.29) is 12.2 Å². The van der Waals surface area contributed by atoms with Crippen molar-refractivity contribution in [3.8, 4) is 16.9 Å². The summed E-state index contributed by atoms with van der Waals surface area (Å²) in [4.78, 5) is 21.7. The average molecular weight is 421 g/mol. The first-order valence-corrected chi connectivity index (χ1v) is 10.5. The van der Waals surface area contributed by atoms with Gasteiger partial charge in [-0.1, -0.05) is 67.3 Å². The molecule has 158 valence electrons. The number of benzene rings is 2. The largest absolute Gasteiger partial charge is 0.487 e. The van der Waals surface area contributed by atoms with E-state index in [2.05, 4.69) is 41.7 Å². The summed E-state index contributed by atoms with van der Waals surface area (Å²) < 4.78 is 5.93. The lowest BCUT2D eigenvalue weighted by Gasteiger charge is -2.12. The molecule has 0 saturated carbocycles. The molecule has 0 amide bonds. The van der Waals surface area contributed by atoms with Crippen LogP contribution in [0.1, 0.15) is 32.9 Å². The zero-order chi connectivity index (χ0) is 22.3.